The number of amides is 1. The highest BCUT2D eigenvalue weighted by Gasteiger charge is 2.50. The first-order valence-electron chi connectivity index (χ1n) is 10.0. The van der Waals surface area contributed by atoms with Gasteiger partial charge in [0.1, 0.15) is 5.69 Å². The summed E-state index contributed by atoms with van der Waals surface area (Å²) >= 11 is 0. The predicted molar refractivity (Wildman–Crippen MR) is 109 cm³/mol. The second kappa shape index (κ2) is 6.29. The molecule has 1 aliphatic carbocycles. The van der Waals surface area contributed by atoms with E-state index in [1.165, 1.54) is 6.42 Å². The summed E-state index contributed by atoms with van der Waals surface area (Å²) in [6.07, 6.45) is 5.07. The number of hydrogen-bond donors (Lipinski definition) is 0. The Bertz CT molecular complexity index is 941. The summed E-state index contributed by atoms with van der Waals surface area (Å²) in [7, 11) is 1.77. The van der Waals surface area contributed by atoms with Crippen LogP contribution in [0.15, 0.2) is 30.5 Å². The van der Waals surface area contributed by atoms with Crippen molar-refractivity contribution in [1.82, 2.24) is 14.7 Å². The molecule has 5 nitrogen and oxygen atoms in total. The second-order valence-corrected chi connectivity index (χ2v) is 9.81. The minimum atomic E-state index is -0.0182. The summed E-state index contributed by atoms with van der Waals surface area (Å²) in [5.41, 5.74) is 3.53. The van der Waals surface area contributed by atoms with Crippen LogP contribution in [-0.2, 0) is 7.05 Å². The molecule has 0 unspecified atom stereocenters. The van der Waals surface area contributed by atoms with Crippen LogP contribution in [0.3, 0.4) is 0 Å². The van der Waals surface area contributed by atoms with Crippen LogP contribution in [0.2, 0.25) is 0 Å². The van der Waals surface area contributed by atoms with Gasteiger partial charge in [-0.2, -0.15) is 5.10 Å². The summed E-state index contributed by atoms with van der Waals surface area (Å²) in [6, 6.07) is 7.94. The fraction of sp³-hybridized carbons (Fsp3) is 0.522. The summed E-state index contributed by atoms with van der Waals surface area (Å²) < 4.78 is 1.60. The molecule has 1 aromatic carbocycles. The zero-order valence-corrected chi connectivity index (χ0v) is 17.5. The number of Topliss-reactive ketones (excluding diaryl/α,β-unsaturated/α-hetero) is 1. The molecule has 1 saturated heterocycles. The lowest BCUT2D eigenvalue weighted by atomic mass is 9.65. The highest BCUT2D eigenvalue weighted by Crippen LogP contribution is 2.52. The molecule has 2 aliphatic rings. The predicted octanol–water partition coefficient (Wildman–Crippen LogP) is 4.33. The SMILES string of the molecule is CC(=O)c1c(-c2ccc(C(=O)N3C[C@]4(C)C[C@H]3CC(C)(C)C4)cc2)cnn1C. The van der Waals surface area contributed by atoms with Crippen LogP contribution in [0, 0.1) is 10.8 Å². The molecule has 0 N–H and O–H groups in total. The number of ketones is 1. The van der Waals surface area contributed by atoms with Gasteiger partial charge in [0.15, 0.2) is 5.78 Å². The van der Waals surface area contributed by atoms with Gasteiger partial charge in [0, 0.05) is 37.7 Å². The number of carbonyl (C=O) groups is 2. The first kappa shape index (κ1) is 18.9. The Kier molecular flexibility index (Phi) is 4.25. The molecule has 148 valence electrons. The number of aryl methyl sites for hydroxylation is 1. The van der Waals surface area contributed by atoms with Gasteiger partial charge in [0.25, 0.3) is 5.91 Å². The number of rotatable bonds is 3. The van der Waals surface area contributed by atoms with E-state index in [2.05, 4.69) is 30.8 Å². The molecular formula is C23H29N3O2. The maximum Gasteiger partial charge on any atom is 0.254 e. The number of fused-ring (bicyclic) bond motifs is 2. The van der Waals surface area contributed by atoms with Gasteiger partial charge in [-0.15, -0.1) is 0 Å². The quantitative estimate of drug-likeness (QED) is 0.746. The number of carbonyl (C=O) groups excluding carboxylic acids is 2. The van der Waals surface area contributed by atoms with Gasteiger partial charge in [0.05, 0.1) is 6.20 Å². The number of nitrogens with zero attached hydrogens (tertiary/aromatic N) is 3. The van der Waals surface area contributed by atoms with Crippen LogP contribution in [0.5, 0.6) is 0 Å². The third-order valence-electron chi connectivity index (χ3n) is 6.39. The van der Waals surface area contributed by atoms with E-state index in [1.54, 1.807) is 24.9 Å². The van der Waals surface area contributed by atoms with Crippen molar-refractivity contribution in [1.29, 1.82) is 0 Å². The molecule has 2 bridgehead atoms. The summed E-state index contributed by atoms with van der Waals surface area (Å²) in [6.45, 7) is 9.36. The Hall–Kier alpha value is -2.43. The van der Waals surface area contributed by atoms with E-state index < -0.39 is 0 Å². The van der Waals surface area contributed by atoms with E-state index in [4.69, 9.17) is 0 Å². The Morgan fingerprint density at radius 3 is 2.43 bits per heavy atom. The van der Waals surface area contributed by atoms with Crippen LogP contribution in [-0.4, -0.2) is 39.0 Å². The molecule has 5 heteroatoms. The van der Waals surface area contributed by atoms with Gasteiger partial charge in [-0.3, -0.25) is 14.3 Å². The second-order valence-electron chi connectivity index (χ2n) is 9.81. The van der Waals surface area contributed by atoms with E-state index in [1.807, 2.05) is 24.3 Å². The van der Waals surface area contributed by atoms with Crippen LogP contribution in [0.1, 0.15) is 67.8 Å². The summed E-state index contributed by atoms with van der Waals surface area (Å²) in [4.78, 5) is 27.3. The number of aromatic nitrogens is 2. The zero-order valence-electron chi connectivity index (χ0n) is 17.5. The molecular weight excluding hydrogens is 350 g/mol. The standard InChI is InChI=1S/C23H29N3O2/c1-15(27)20-19(12-24-25(20)5)16-6-8-17(9-7-16)21(28)26-14-23(4)11-18(26)10-22(2,3)13-23/h6-9,12,18H,10-11,13-14H2,1-5H3/t18-,23-/m1/s1. The highest BCUT2D eigenvalue weighted by atomic mass is 16.2. The van der Waals surface area contributed by atoms with E-state index in [9.17, 15) is 9.59 Å². The fourth-order valence-corrected chi connectivity index (χ4v) is 5.72. The Morgan fingerprint density at radius 2 is 1.79 bits per heavy atom. The molecule has 1 amide bonds. The van der Waals surface area contributed by atoms with Gasteiger partial charge in [0.2, 0.25) is 0 Å². The average Bonchev–Trinajstić information content (AvgIpc) is 3.10. The molecule has 2 aromatic rings. The molecule has 2 atom stereocenters. The topological polar surface area (TPSA) is 55.2 Å². The van der Waals surface area contributed by atoms with Gasteiger partial charge in [-0.05, 0) is 47.8 Å². The van der Waals surface area contributed by atoms with E-state index in [0.29, 0.717) is 22.7 Å². The summed E-state index contributed by atoms with van der Waals surface area (Å²) in [5.74, 6) is 0.103. The van der Waals surface area contributed by atoms with Crippen LogP contribution in [0.4, 0.5) is 0 Å². The van der Waals surface area contributed by atoms with Crippen molar-refractivity contribution in [2.45, 2.75) is 53.0 Å². The van der Waals surface area contributed by atoms with Crippen molar-refractivity contribution in [3.63, 3.8) is 0 Å². The van der Waals surface area contributed by atoms with Crippen LogP contribution < -0.4 is 0 Å². The fourth-order valence-electron chi connectivity index (χ4n) is 5.72. The Balaban J connectivity index is 1.59. The normalized spacial score (nSPS) is 25.8. The Morgan fingerprint density at radius 1 is 1.11 bits per heavy atom. The molecule has 28 heavy (non-hydrogen) atoms. The van der Waals surface area contributed by atoms with Crippen molar-refractivity contribution in [3.05, 3.63) is 41.7 Å². The average molecular weight is 380 g/mol. The highest BCUT2D eigenvalue weighted by molar-refractivity contribution is 6.00. The molecule has 1 aliphatic heterocycles. The zero-order chi connectivity index (χ0) is 20.3. The lowest BCUT2D eigenvalue weighted by Gasteiger charge is -2.39. The monoisotopic (exact) mass is 379 g/mol. The van der Waals surface area contributed by atoms with Gasteiger partial charge >= 0.3 is 0 Å². The molecule has 4 rings (SSSR count). The number of hydrogen-bond acceptors (Lipinski definition) is 3. The molecule has 1 aromatic heterocycles. The van der Waals surface area contributed by atoms with Crippen molar-refractivity contribution >= 4 is 11.7 Å². The lowest BCUT2D eigenvalue weighted by Crippen LogP contribution is -2.37. The molecule has 2 fully saturated rings. The van der Waals surface area contributed by atoms with E-state index >= 15 is 0 Å². The Labute approximate surface area is 166 Å². The molecule has 1 saturated carbocycles. The van der Waals surface area contributed by atoms with Gasteiger partial charge in [-0.1, -0.05) is 32.9 Å². The molecule has 0 radical (unpaired) electrons. The number of likely N-dealkylation sites (tertiary alicyclic amines) is 1. The van der Waals surface area contributed by atoms with Crippen LogP contribution >= 0.6 is 0 Å². The van der Waals surface area contributed by atoms with E-state index in [0.717, 1.165) is 30.5 Å². The largest absolute Gasteiger partial charge is 0.335 e. The lowest BCUT2D eigenvalue weighted by molar-refractivity contribution is 0.0708. The summed E-state index contributed by atoms with van der Waals surface area (Å²) in [5, 5.41) is 4.21. The van der Waals surface area contributed by atoms with Crippen LogP contribution in [0.25, 0.3) is 11.1 Å². The molecule has 2 heterocycles. The van der Waals surface area contributed by atoms with Gasteiger partial charge < -0.3 is 4.90 Å². The van der Waals surface area contributed by atoms with Crippen molar-refractivity contribution in [2.24, 2.45) is 17.9 Å². The minimum absolute atomic E-state index is 0.0182. The third kappa shape index (κ3) is 3.17. The van der Waals surface area contributed by atoms with E-state index in [-0.39, 0.29) is 17.1 Å². The molecule has 0 spiro atoms. The van der Waals surface area contributed by atoms with Gasteiger partial charge in [-0.25, -0.2) is 0 Å². The smallest absolute Gasteiger partial charge is 0.254 e. The maximum atomic E-state index is 13.2. The van der Waals surface area contributed by atoms with Crippen molar-refractivity contribution in [2.75, 3.05) is 6.54 Å². The first-order valence-corrected chi connectivity index (χ1v) is 10.0. The third-order valence-corrected chi connectivity index (χ3v) is 6.39. The minimum Gasteiger partial charge on any atom is -0.335 e. The first-order chi connectivity index (χ1) is 13.1. The van der Waals surface area contributed by atoms with Crippen molar-refractivity contribution in [3.8, 4) is 11.1 Å². The van der Waals surface area contributed by atoms with Crippen molar-refractivity contribution < 1.29 is 9.59 Å². The number of benzene rings is 1. The maximum absolute atomic E-state index is 13.2.